The second-order valence-electron chi connectivity index (χ2n) is 8.02. The second-order valence-corrected chi connectivity index (χ2v) is 10.1. The van der Waals surface area contributed by atoms with E-state index in [4.69, 9.17) is 4.74 Å². The molecule has 1 aromatic carbocycles. The summed E-state index contributed by atoms with van der Waals surface area (Å²) in [6.45, 7) is 4.78. The van der Waals surface area contributed by atoms with E-state index in [1.807, 2.05) is 36.6 Å². The lowest BCUT2D eigenvalue weighted by atomic mass is 10.1. The number of thiophene rings is 1. The van der Waals surface area contributed by atoms with Crippen molar-refractivity contribution in [2.45, 2.75) is 57.7 Å². The molecule has 0 saturated carbocycles. The van der Waals surface area contributed by atoms with E-state index >= 15 is 0 Å². The fourth-order valence-electron chi connectivity index (χ4n) is 4.12. The summed E-state index contributed by atoms with van der Waals surface area (Å²) in [6.07, 6.45) is 5.10. The van der Waals surface area contributed by atoms with Crippen LogP contribution in [0.4, 0.5) is 5.00 Å². The Kier molecular flexibility index (Phi) is 7.49. The number of carbonyl (C=O) groups is 2. The highest BCUT2D eigenvalue weighted by molar-refractivity contribution is 7.99. The molecule has 1 aliphatic rings. The predicted octanol–water partition coefficient (Wildman–Crippen LogP) is 5.12. The Bertz CT molecular complexity index is 1170. The van der Waals surface area contributed by atoms with Gasteiger partial charge >= 0.3 is 5.97 Å². The molecule has 33 heavy (non-hydrogen) atoms. The number of aromatic nitrogens is 3. The van der Waals surface area contributed by atoms with Gasteiger partial charge in [0.15, 0.2) is 11.0 Å². The first-order valence-corrected chi connectivity index (χ1v) is 13.0. The molecule has 0 aliphatic heterocycles. The zero-order valence-corrected chi connectivity index (χ0v) is 20.8. The molecular formula is C24H28N4O3S2. The third-order valence-electron chi connectivity index (χ3n) is 5.71. The van der Waals surface area contributed by atoms with Crippen LogP contribution in [0, 0.1) is 6.92 Å². The SMILES string of the molecule is CCn1c(SCC(=O)Nc2sc3c(c2C(=O)OC)CCCCC3)nnc1-c1cccc(C)c1. The number of anilines is 1. The van der Waals surface area contributed by atoms with Gasteiger partial charge in [-0.1, -0.05) is 41.9 Å². The number of amides is 1. The first-order valence-electron chi connectivity index (χ1n) is 11.2. The molecule has 0 radical (unpaired) electrons. The summed E-state index contributed by atoms with van der Waals surface area (Å²) in [7, 11) is 1.38. The van der Waals surface area contributed by atoms with Crippen LogP contribution in [0.3, 0.4) is 0 Å². The number of esters is 1. The largest absolute Gasteiger partial charge is 0.465 e. The average molecular weight is 485 g/mol. The van der Waals surface area contributed by atoms with Crippen LogP contribution in [0.15, 0.2) is 29.4 Å². The third-order valence-corrected chi connectivity index (χ3v) is 7.88. The standard InChI is InChI=1S/C24H28N4O3S2/c1-4-28-21(16-10-8-9-15(2)13-16)26-27-24(28)32-14-19(29)25-22-20(23(30)31-3)17-11-6-5-7-12-18(17)33-22/h8-10,13H,4-7,11-12,14H2,1-3H3,(H,25,29). The van der Waals surface area contributed by atoms with Crippen LogP contribution < -0.4 is 5.32 Å². The molecule has 1 aliphatic carbocycles. The summed E-state index contributed by atoms with van der Waals surface area (Å²) >= 11 is 2.85. The van der Waals surface area contributed by atoms with Gasteiger partial charge in [-0.2, -0.15) is 0 Å². The zero-order valence-electron chi connectivity index (χ0n) is 19.1. The lowest BCUT2D eigenvalue weighted by Gasteiger charge is -2.09. The minimum Gasteiger partial charge on any atom is -0.465 e. The predicted molar refractivity (Wildman–Crippen MR) is 132 cm³/mol. The van der Waals surface area contributed by atoms with Crippen molar-refractivity contribution in [1.29, 1.82) is 0 Å². The number of nitrogens with one attached hydrogen (secondary N) is 1. The molecule has 1 amide bonds. The van der Waals surface area contributed by atoms with Crippen LogP contribution in [-0.4, -0.2) is 39.5 Å². The molecule has 3 aromatic rings. The topological polar surface area (TPSA) is 86.1 Å². The number of hydrogen-bond acceptors (Lipinski definition) is 7. The summed E-state index contributed by atoms with van der Waals surface area (Å²) in [5.74, 6) is 0.407. The lowest BCUT2D eigenvalue weighted by Crippen LogP contribution is -2.16. The second kappa shape index (κ2) is 10.5. The maximum absolute atomic E-state index is 12.8. The summed E-state index contributed by atoms with van der Waals surface area (Å²) < 4.78 is 7.04. The van der Waals surface area contributed by atoms with Crippen molar-refractivity contribution in [3.8, 4) is 11.4 Å². The molecule has 174 valence electrons. The Labute approximate surface area is 201 Å². The van der Waals surface area contributed by atoms with Crippen LogP contribution in [0.1, 0.15) is 52.5 Å². The van der Waals surface area contributed by atoms with Gasteiger partial charge in [0.25, 0.3) is 0 Å². The van der Waals surface area contributed by atoms with Gasteiger partial charge in [-0.05, 0) is 51.2 Å². The minimum absolute atomic E-state index is 0.176. The molecular weight excluding hydrogens is 456 g/mol. The van der Waals surface area contributed by atoms with Gasteiger partial charge in [-0.3, -0.25) is 4.79 Å². The number of methoxy groups -OCH3 is 1. The van der Waals surface area contributed by atoms with Gasteiger partial charge in [0, 0.05) is 17.0 Å². The molecule has 2 aromatic heterocycles. The van der Waals surface area contributed by atoms with Crippen molar-refractivity contribution >= 4 is 40.0 Å². The molecule has 2 heterocycles. The van der Waals surface area contributed by atoms with Gasteiger partial charge in [0.05, 0.1) is 18.4 Å². The lowest BCUT2D eigenvalue weighted by molar-refractivity contribution is -0.113. The van der Waals surface area contributed by atoms with E-state index < -0.39 is 0 Å². The first kappa shape index (κ1) is 23.5. The van der Waals surface area contributed by atoms with Gasteiger partial charge < -0.3 is 14.6 Å². The number of thioether (sulfide) groups is 1. The number of ether oxygens (including phenoxy) is 1. The van der Waals surface area contributed by atoms with Gasteiger partial charge in [0.1, 0.15) is 5.00 Å². The molecule has 0 unspecified atom stereocenters. The van der Waals surface area contributed by atoms with Crippen molar-refractivity contribution in [3.63, 3.8) is 0 Å². The summed E-state index contributed by atoms with van der Waals surface area (Å²) in [5, 5.41) is 12.9. The molecule has 9 heteroatoms. The smallest absolute Gasteiger partial charge is 0.341 e. The fraction of sp³-hybridized carbons (Fsp3) is 0.417. The fourth-order valence-corrected chi connectivity index (χ4v) is 6.22. The van der Waals surface area contributed by atoms with Crippen LogP contribution in [0.25, 0.3) is 11.4 Å². The molecule has 0 fully saturated rings. The van der Waals surface area contributed by atoms with Crippen LogP contribution in [-0.2, 0) is 28.9 Å². The Morgan fingerprint density at radius 1 is 1.21 bits per heavy atom. The van der Waals surface area contributed by atoms with Crippen molar-refractivity contribution < 1.29 is 14.3 Å². The quantitative estimate of drug-likeness (QED) is 0.285. The molecule has 0 bridgehead atoms. The highest BCUT2D eigenvalue weighted by atomic mass is 32.2. The Morgan fingerprint density at radius 3 is 2.79 bits per heavy atom. The summed E-state index contributed by atoms with van der Waals surface area (Å²) in [4.78, 5) is 26.5. The molecule has 0 atom stereocenters. The van der Waals surface area contributed by atoms with Crippen molar-refractivity contribution in [2.24, 2.45) is 0 Å². The Morgan fingerprint density at radius 2 is 2.03 bits per heavy atom. The van der Waals surface area contributed by atoms with E-state index in [0.717, 1.165) is 54.6 Å². The number of hydrogen-bond donors (Lipinski definition) is 1. The Hall–Kier alpha value is -2.65. The van der Waals surface area contributed by atoms with Crippen molar-refractivity contribution in [2.75, 3.05) is 18.2 Å². The van der Waals surface area contributed by atoms with Gasteiger partial charge in [0.2, 0.25) is 5.91 Å². The molecule has 1 N–H and O–H groups in total. The van der Waals surface area contributed by atoms with Crippen molar-refractivity contribution in [1.82, 2.24) is 14.8 Å². The zero-order chi connectivity index (χ0) is 23.4. The van der Waals surface area contributed by atoms with E-state index in [9.17, 15) is 9.59 Å². The van der Waals surface area contributed by atoms with E-state index in [1.54, 1.807) is 0 Å². The number of fused-ring (bicyclic) bond motifs is 1. The highest BCUT2D eigenvalue weighted by Crippen LogP contribution is 2.38. The van der Waals surface area contributed by atoms with Crippen LogP contribution >= 0.6 is 23.1 Å². The van der Waals surface area contributed by atoms with E-state index in [1.165, 1.54) is 35.1 Å². The number of aryl methyl sites for hydroxylation is 2. The molecule has 0 spiro atoms. The molecule has 0 saturated heterocycles. The number of benzene rings is 1. The van der Waals surface area contributed by atoms with E-state index in [2.05, 4.69) is 21.6 Å². The van der Waals surface area contributed by atoms with E-state index in [-0.39, 0.29) is 17.6 Å². The first-order chi connectivity index (χ1) is 16.0. The molecule has 7 nitrogen and oxygen atoms in total. The maximum atomic E-state index is 12.8. The third kappa shape index (κ3) is 5.14. The maximum Gasteiger partial charge on any atom is 0.341 e. The number of rotatable bonds is 7. The number of carbonyl (C=O) groups excluding carboxylic acids is 2. The number of nitrogens with zero attached hydrogens (tertiary/aromatic N) is 3. The van der Waals surface area contributed by atoms with Crippen LogP contribution in [0.2, 0.25) is 0 Å². The summed E-state index contributed by atoms with van der Waals surface area (Å²) in [6, 6.07) is 8.13. The monoisotopic (exact) mass is 484 g/mol. The normalized spacial score (nSPS) is 13.3. The Balaban J connectivity index is 1.49. The molecule has 4 rings (SSSR count). The highest BCUT2D eigenvalue weighted by Gasteiger charge is 2.26. The van der Waals surface area contributed by atoms with Crippen LogP contribution in [0.5, 0.6) is 0 Å². The minimum atomic E-state index is -0.383. The van der Waals surface area contributed by atoms with E-state index in [0.29, 0.717) is 22.3 Å². The average Bonchev–Trinajstić information content (AvgIpc) is 3.29. The summed E-state index contributed by atoms with van der Waals surface area (Å²) in [5.41, 5.74) is 3.72. The van der Waals surface area contributed by atoms with Gasteiger partial charge in [-0.15, -0.1) is 21.5 Å². The van der Waals surface area contributed by atoms with Crippen molar-refractivity contribution in [3.05, 3.63) is 45.8 Å². The van der Waals surface area contributed by atoms with Gasteiger partial charge in [-0.25, -0.2) is 4.79 Å².